The van der Waals surface area contributed by atoms with Gasteiger partial charge in [0.1, 0.15) is 5.75 Å². The second-order valence-corrected chi connectivity index (χ2v) is 5.29. The first kappa shape index (κ1) is 15.8. The Labute approximate surface area is 124 Å². The zero-order valence-electron chi connectivity index (χ0n) is 12.5. The van der Waals surface area contributed by atoms with Crippen LogP contribution in [0.1, 0.15) is 41.6 Å². The monoisotopic (exact) mass is 294 g/mol. The Morgan fingerprint density at radius 1 is 1.29 bits per heavy atom. The third kappa shape index (κ3) is 4.19. The van der Waals surface area contributed by atoms with E-state index in [0.717, 1.165) is 31.2 Å². The van der Waals surface area contributed by atoms with Gasteiger partial charge in [0.15, 0.2) is 0 Å². The van der Waals surface area contributed by atoms with Crippen molar-refractivity contribution in [2.24, 2.45) is 0 Å². The maximum atomic E-state index is 11.0. The summed E-state index contributed by atoms with van der Waals surface area (Å²) < 4.78 is 16.6. The Bertz CT molecular complexity index is 486. The van der Waals surface area contributed by atoms with Gasteiger partial charge in [-0.2, -0.15) is 0 Å². The molecule has 21 heavy (non-hydrogen) atoms. The number of carboxylic acid groups (broad SMARTS) is 1. The highest BCUT2D eigenvalue weighted by atomic mass is 16.5. The van der Waals surface area contributed by atoms with Crippen LogP contribution in [0.4, 0.5) is 0 Å². The molecule has 0 spiro atoms. The van der Waals surface area contributed by atoms with Crippen LogP contribution in [0.15, 0.2) is 18.2 Å². The fraction of sp³-hybridized carbons (Fsp3) is 0.562. The highest BCUT2D eigenvalue weighted by Crippen LogP contribution is 2.26. The molecule has 1 fully saturated rings. The number of carbonyl (C=O) groups is 1. The molecule has 1 aromatic carbocycles. The van der Waals surface area contributed by atoms with Gasteiger partial charge in [-0.05, 0) is 43.9 Å². The van der Waals surface area contributed by atoms with E-state index in [2.05, 4.69) is 0 Å². The first-order valence-electron chi connectivity index (χ1n) is 7.18. The van der Waals surface area contributed by atoms with Gasteiger partial charge < -0.3 is 19.3 Å². The van der Waals surface area contributed by atoms with E-state index in [0.29, 0.717) is 12.4 Å². The van der Waals surface area contributed by atoms with Gasteiger partial charge in [-0.1, -0.05) is 0 Å². The summed E-state index contributed by atoms with van der Waals surface area (Å²) in [5, 5.41) is 9.06. The molecular formula is C16H22O5. The number of hydrogen-bond acceptors (Lipinski definition) is 4. The molecule has 116 valence electrons. The van der Waals surface area contributed by atoms with Crippen molar-refractivity contribution in [3.8, 4) is 5.75 Å². The summed E-state index contributed by atoms with van der Waals surface area (Å²) in [6.07, 6.45) is 4.49. The van der Waals surface area contributed by atoms with Crippen LogP contribution in [-0.4, -0.2) is 37.5 Å². The molecular weight excluding hydrogens is 272 g/mol. The lowest BCUT2D eigenvalue weighted by Gasteiger charge is -2.28. The number of hydrogen-bond donors (Lipinski definition) is 1. The normalized spacial score (nSPS) is 22.0. The van der Waals surface area contributed by atoms with Crippen LogP contribution < -0.4 is 4.74 Å². The molecule has 5 heteroatoms. The number of carboxylic acids is 1. The minimum absolute atomic E-state index is 0.155. The summed E-state index contributed by atoms with van der Waals surface area (Å²) in [4.78, 5) is 11.0. The first-order valence-corrected chi connectivity index (χ1v) is 7.18. The van der Waals surface area contributed by atoms with Gasteiger partial charge in [0.2, 0.25) is 0 Å². The summed E-state index contributed by atoms with van der Waals surface area (Å²) in [5.41, 5.74) is 1.00. The number of rotatable bonds is 6. The fourth-order valence-electron chi connectivity index (χ4n) is 2.70. The molecule has 1 N–H and O–H groups in total. The second kappa shape index (κ2) is 7.43. The van der Waals surface area contributed by atoms with Crippen molar-refractivity contribution in [3.63, 3.8) is 0 Å². The van der Waals surface area contributed by atoms with Crippen LogP contribution >= 0.6 is 0 Å². The minimum Gasteiger partial charge on any atom is -0.496 e. The minimum atomic E-state index is -0.948. The molecule has 0 bridgehead atoms. The Morgan fingerprint density at radius 3 is 2.71 bits per heavy atom. The van der Waals surface area contributed by atoms with E-state index in [1.807, 2.05) is 0 Å². The zero-order chi connectivity index (χ0) is 15.2. The maximum absolute atomic E-state index is 11.0. The Balaban J connectivity index is 2.01. The van der Waals surface area contributed by atoms with Crippen molar-refractivity contribution >= 4 is 5.97 Å². The second-order valence-electron chi connectivity index (χ2n) is 5.29. The smallest absolute Gasteiger partial charge is 0.335 e. The average Bonchev–Trinajstić information content (AvgIpc) is 2.52. The van der Waals surface area contributed by atoms with Gasteiger partial charge in [-0.25, -0.2) is 4.79 Å². The molecule has 0 aromatic heterocycles. The topological polar surface area (TPSA) is 65.0 Å². The molecule has 5 nitrogen and oxygen atoms in total. The average molecular weight is 294 g/mol. The van der Waals surface area contributed by atoms with Crippen molar-refractivity contribution < 1.29 is 24.1 Å². The summed E-state index contributed by atoms with van der Waals surface area (Å²) in [7, 11) is 3.30. The van der Waals surface area contributed by atoms with Crippen molar-refractivity contribution in [2.45, 2.75) is 44.5 Å². The molecule has 2 rings (SSSR count). The Morgan fingerprint density at radius 2 is 2.05 bits per heavy atom. The lowest BCUT2D eigenvalue weighted by molar-refractivity contribution is -0.0367. The fourth-order valence-corrected chi connectivity index (χ4v) is 2.70. The Kier molecular flexibility index (Phi) is 5.59. The van der Waals surface area contributed by atoms with Crippen LogP contribution in [0, 0.1) is 0 Å². The summed E-state index contributed by atoms with van der Waals surface area (Å²) in [5.74, 6) is -0.296. The van der Waals surface area contributed by atoms with Crippen molar-refractivity contribution in [2.75, 3.05) is 14.2 Å². The molecule has 1 saturated carbocycles. The molecule has 0 aliphatic heterocycles. The first-order chi connectivity index (χ1) is 10.1. The highest BCUT2D eigenvalue weighted by molar-refractivity contribution is 5.88. The predicted octanol–water partition coefficient (Wildman–Crippen LogP) is 2.87. The quantitative estimate of drug-likeness (QED) is 0.874. The highest BCUT2D eigenvalue weighted by Gasteiger charge is 2.22. The summed E-state index contributed by atoms with van der Waals surface area (Å²) in [6, 6.07) is 4.81. The van der Waals surface area contributed by atoms with Crippen molar-refractivity contribution in [1.29, 1.82) is 0 Å². The molecule has 2 unspecified atom stereocenters. The van der Waals surface area contributed by atoms with Crippen LogP contribution in [0.25, 0.3) is 0 Å². The van der Waals surface area contributed by atoms with Crippen LogP contribution in [0.5, 0.6) is 5.75 Å². The number of benzene rings is 1. The van der Waals surface area contributed by atoms with E-state index in [4.69, 9.17) is 19.3 Å². The van der Waals surface area contributed by atoms with Gasteiger partial charge in [0.25, 0.3) is 0 Å². The largest absolute Gasteiger partial charge is 0.496 e. The van der Waals surface area contributed by atoms with Gasteiger partial charge in [-0.15, -0.1) is 0 Å². The van der Waals surface area contributed by atoms with E-state index < -0.39 is 5.97 Å². The summed E-state index contributed by atoms with van der Waals surface area (Å²) in [6.45, 7) is 0.353. The lowest BCUT2D eigenvalue weighted by Crippen LogP contribution is -2.27. The molecule has 2 atom stereocenters. The van der Waals surface area contributed by atoms with E-state index in [9.17, 15) is 4.79 Å². The van der Waals surface area contributed by atoms with Gasteiger partial charge in [0.05, 0.1) is 31.5 Å². The lowest BCUT2D eigenvalue weighted by atomic mass is 9.95. The third-order valence-corrected chi connectivity index (χ3v) is 3.91. The molecule has 1 aromatic rings. The van der Waals surface area contributed by atoms with Crippen LogP contribution in [0.3, 0.4) is 0 Å². The van der Waals surface area contributed by atoms with Crippen LogP contribution in [0.2, 0.25) is 0 Å². The van der Waals surface area contributed by atoms with E-state index in [-0.39, 0.29) is 17.8 Å². The number of methoxy groups -OCH3 is 2. The SMILES string of the molecule is COc1ccc(C(=O)O)cc1COC1CCCC(OC)C1. The van der Waals surface area contributed by atoms with E-state index >= 15 is 0 Å². The number of aromatic carboxylic acids is 1. The molecule has 1 aliphatic rings. The Hall–Kier alpha value is -1.59. The van der Waals surface area contributed by atoms with Gasteiger partial charge in [0, 0.05) is 12.7 Å². The predicted molar refractivity (Wildman–Crippen MR) is 77.8 cm³/mol. The van der Waals surface area contributed by atoms with Crippen molar-refractivity contribution in [1.82, 2.24) is 0 Å². The number of ether oxygens (including phenoxy) is 3. The standard InChI is InChI=1S/C16H22O5/c1-19-13-4-3-5-14(9-13)21-10-12-8-11(16(17)18)6-7-15(12)20-2/h6-8,13-14H,3-5,9-10H2,1-2H3,(H,17,18). The molecule has 0 amide bonds. The zero-order valence-corrected chi connectivity index (χ0v) is 12.5. The van der Waals surface area contributed by atoms with E-state index in [1.54, 1.807) is 26.4 Å². The molecule has 1 aliphatic carbocycles. The molecule has 0 heterocycles. The van der Waals surface area contributed by atoms with Gasteiger partial charge >= 0.3 is 5.97 Å². The van der Waals surface area contributed by atoms with Crippen LogP contribution in [-0.2, 0) is 16.1 Å². The maximum Gasteiger partial charge on any atom is 0.335 e. The summed E-state index contributed by atoms with van der Waals surface area (Å²) >= 11 is 0. The third-order valence-electron chi connectivity index (χ3n) is 3.91. The van der Waals surface area contributed by atoms with Crippen molar-refractivity contribution in [3.05, 3.63) is 29.3 Å². The molecule has 0 saturated heterocycles. The van der Waals surface area contributed by atoms with Gasteiger partial charge in [-0.3, -0.25) is 0 Å². The molecule has 0 radical (unpaired) electrons. The van der Waals surface area contributed by atoms with E-state index in [1.165, 1.54) is 6.07 Å².